The molecule has 0 aliphatic rings. The summed E-state index contributed by atoms with van der Waals surface area (Å²) in [7, 11) is 0. The van der Waals surface area contributed by atoms with Gasteiger partial charge < -0.3 is 9.51 Å². The van der Waals surface area contributed by atoms with Gasteiger partial charge in [0.05, 0.1) is 42.6 Å². The first kappa shape index (κ1) is 25.6. The third-order valence-electron chi connectivity index (χ3n) is 4.66. The van der Waals surface area contributed by atoms with Gasteiger partial charge in [0.25, 0.3) is 11.4 Å². The molecular weight excluding hydrogens is 529 g/mol. The molecule has 15 heteroatoms. The lowest BCUT2D eigenvalue weighted by molar-refractivity contribution is -0.404. The maximum absolute atomic E-state index is 10.4. The van der Waals surface area contributed by atoms with Crippen molar-refractivity contribution in [2.24, 2.45) is 0 Å². The number of halogens is 3. The smallest absolute Gasteiger partial charge is 0.324 e. The number of benzene rings is 2. The molecule has 4 rings (SSSR count). The van der Waals surface area contributed by atoms with Crippen LogP contribution in [0.25, 0.3) is 16.9 Å². The van der Waals surface area contributed by atoms with Crippen LogP contribution >= 0.6 is 34.8 Å². The van der Waals surface area contributed by atoms with Crippen LogP contribution in [0.2, 0.25) is 15.1 Å². The van der Waals surface area contributed by atoms with Crippen LogP contribution < -0.4 is 0 Å². The van der Waals surface area contributed by atoms with E-state index in [9.17, 15) is 30.3 Å². The van der Waals surface area contributed by atoms with E-state index in [1.807, 2.05) is 41.8 Å². The van der Waals surface area contributed by atoms with Crippen molar-refractivity contribution >= 4 is 57.5 Å². The van der Waals surface area contributed by atoms with Crippen LogP contribution in [-0.2, 0) is 0 Å². The highest BCUT2D eigenvalue weighted by Gasteiger charge is 2.30. The van der Waals surface area contributed by atoms with Gasteiger partial charge in [-0.2, -0.15) is 0 Å². The Bertz CT molecular complexity index is 1450. The van der Waals surface area contributed by atoms with E-state index in [0.717, 1.165) is 17.0 Å². The highest BCUT2D eigenvalue weighted by Crippen LogP contribution is 2.39. The van der Waals surface area contributed by atoms with Gasteiger partial charge in [-0.25, -0.2) is 4.98 Å². The zero-order valence-corrected chi connectivity index (χ0v) is 19.7. The first-order chi connectivity index (χ1) is 16.4. The average molecular weight is 541 g/mol. The van der Waals surface area contributed by atoms with Crippen LogP contribution in [-0.4, -0.2) is 29.3 Å². The van der Waals surface area contributed by atoms with Crippen LogP contribution in [0.15, 0.2) is 48.7 Å². The largest absolute Gasteiger partial charge is 0.497 e. The number of aromatic hydroxyl groups is 1. The summed E-state index contributed by atoms with van der Waals surface area (Å²) in [6.07, 6.45) is 1.81. The van der Waals surface area contributed by atoms with Crippen molar-refractivity contribution in [3.8, 4) is 17.0 Å². The van der Waals surface area contributed by atoms with Crippen molar-refractivity contribution in [1.29, 1.82) is 0 Å². The molecule has 4 aromatic rings. The Labute approximate surface area is 210 Å². The summed E-state index contributed by atoms with van der Waals surface area (Å²) in [4.78, 5) is 32.4. The molecule has 0 fully saturated rings. The summed E-state index contributed by atoms with van der Waals surface area (Å²) < 4.78 is 1.90. The molecule has 0 aliphatic carbocycles. The van der Waals surface area contributed by atoms with E-state index in [2.05, 4.69) is 4.98 Å². The van der Waals surface area contributed by atoms with Gasteiger partial charge in [-0.3, -0.25) is 30.3 Å². The fraction of sp³-hybridized carbons (Fsp3) is 0.0500. The predicted octanol–water partition coefficient (Wildman–Crippen LogP) is 6.39. The maximum Gasteiger partial charge on any atom is 0.324 e. The molecule has 0 amide bonds. The molecule has 0 unspecified atom stereocenters. The molecule has 12 nitrogen and oxygen atoms in total. The number of phenolic OH excluding ortho intramolecular Hbond substituents is 1. The molecule has 2 aromatic carbocycles. The molecule has 1 N–H and O–H groups in total. The number of rotatable bonds is 4. The number of fused-ring (bicyclic) bond motifs is 1. The lowest BCUT2D eigenvalue weighted by Gasteiger charge is -2.00. The Morgan fingerprint density at radius 2 is 1.40 bits per heavy atom. The van der Waals surface area contributed by atoms with Crippen molar-refractivity contribution in [2.75, 3.05) is 0 Å². The molecule has 0 bridgehead atoms. The first-order valence-corrected chi connectivity index (χ1v) is 10.4. The predicted molar refractivity (Wildman–Crippen MR) is 128 cm³/mol. The van der Waals surface area contributed by atoms with E-state index in [1.165, 1.54) is 0 Å². The van der Waals surface area contributed by atoms with E-state index in [4.69, 9.17) is 39.9 Å². The van der Waals surface area contributed by atoms with Gasteiger partial charge in [-0.05, 0) is 25.1 Å². The zero-order chi connectivity index (χ0) is 26.0. The molecular formula is C20H12Cl3N5O7. The Kier molecular flexibility index (Phi) is 7.39. The van der Waals surface area contributed by atoms with Gasteiger partial charge in [0.2, 0.25) is 0 Å². The van der Waals surface area contributed by atoms with Gasteiger partial charge in [-0.15, -0.1) is 0 Å². The minimum Gasteiger partial charge on any atom is -0.497 e. The lowest BCUT2D eigenvalue weighted by atomic mass is 10.1. The summed E-state index contributed by atoms with van der Waals surface area (Å²) >= 11 is 18.1. The summed E-state index contributed by atoms with van der Waals surface area (Å²) in [5, 5.41) is 42.0. The minimum atomic E-state index is -1.21. The van der Waals surface area contributed by atoms with Crippen molar-refractivity contribution in [3.05, 3.63) is 99.8 Å². The third-order valence-corrected chi connectivity index (χ3v) is 5.39. The zero-order valence-electron chi connectivity index (χ0n) is 17.4. The van der Waals surface area contributed by atoms with Crippen molar-refractivity contribution in [1.82, 2.24) is 9.38 Å². The number of nitro benzene ring substituents is 3. The van der Waals surface area contributed by atoms with E-state index < -0.39 is 37.6 Å². The van der Waals surface area contributed by atoms with E-state index in [1.54, 1.807) is 6.07 Å². The third kappa shape index (κ3) is 5.40. The highest BCUT2D eigenvalue weighted by molar-refractivity contribution is 6.36. The molecule has 180 valence electrons. The fourth-order valence-electron chi connectivity index (χ4n) is 3.04. The van der Waals surface area contributed by atoms with Crippen LogP contribution in [0.3, 0.4) is 0 Å². The lowest BCUT2D eigenvalue weighted by Crippen LogP contribution is -1.97. The van der Waals surface area contributed by atoms with Gasteiger partial charge in [-0.1, -0.05) is 46.9 Å². The minimum absolute atomic E-state index is 0.447. The molecule has 0 radical (unpaired) electrons. The highest BCUT2D eigenvalue weighted by atomic mass is 35.5. The topological polar surface area (TPSA) is 167 Å². The molecule has 0 saturated carbocycles. The number of hydrogen-bond acceptors (Lipinski definition) is 8. The monoisotopic (exact) mass is 539 g/mol. The average Bonchev–Trinajstić information content (AvgIpc) is 3.11. The number of nitro groups is 3. The number of aromatic nitrogens is 2. The van der Waals surface area contributed by atoms with Crippen LogP contribution in [0, 0.1) is 37.3 Å². The van der Waals surface area contributed by atoms with Crippen LogP contribution in [0.5, 0.6) is 5.75 Å². The quantitative estimate of drug-likeness (QED) is 0.229. The molecule has 0 atom stereocenters. The summed E-state index contributed by atoms with van der Waals surface area (Å²) in [5.41, 5.74) is 0.562. The molecule has 0 saturated heterocycles. The Hall–Kier alpha value is -4.00. The van der Waals surface area contributed by atoms with Gasteiger partial charge in [0.1, 0.15) is 0 Å². The number of nitrogens with zero attached hydrogens (tertiary/aromatic N) is 5. The second-order valence-corrected chi connectivity index (χ2v) is 8.14. The van der Waals surface area contributed by atoms with Crippen molar-refractivity contribution in [3.63, 3.8) is 0 Å². The molecule has 0 spiro atoms. The van der Waals surface area contributed by atoms with Crippen LogP contribution in [0.1, 0.15) is 5.69 Å². The van der Waals surface area contributed by atoms with Gasteiger partial charge >= 0.3 is 11.4 Å². The van der Waals surface area contributed by atoms with E-state index in [-0.39, 0.29) is 0 Å². The Morgan fingerprint density at radius 3 is 1.89 bits per heavy atom. The maximum atomic E-state index is 10.4. The molecule has 35 heavy (non-hydrogen) atoms. The van der Waals surface area contributed by atoms with Gasteiger partial charge in [0, 0.05) is 22.5 Å². The number of non-ortho nitro benzene ring substituents is 1. The second kappa shape index (κ2) is 10.1. The Balaban J connectivity index is 0.000000199. The molecule has 0 aliphatic heterocycles. The number of hydrogen-bond donors (Lipinski definition) is 1. The number of imidazole rings is 1. The van der Waals surface area contributed by atoms with Crippen molar-refractivity contribution in [2.45, 2.75) is 6.92 Å². The summed E-state index contributed by atoms with van der Waals surface area (Å²) in [6.45, 7) is 1.98. The van der Waals surface area contributed by atoms with E-state index in [0.29, 0.717) is 32.8 Å². The number of pyridine rings is 1. The summed E-state index contributed by atoms with van der Waals surface area (Å²) in [5.74, 6) is -1.21. The first-order valence-electron chi connectivity index (χ1n) is 9.30. The molecule has 2 aromatic heterocycles. The van der Waals surface area contributed by atoms with Crippen LogP contribution in [0.4, 0.5) is 17.1 Å². The summed E-state index contributed by atoms with van der Waals surface area (Å²) in [6, 6.07) is 10.1. The number of aryl methyl sites for hydroxylation is 1. The van der Waals surface area contributed by atoms with E-state index >= 15 is 0 Å². The normalized spacial score (nSPS) is 10.5. The Morgan fingerprint density at radius 1 is 0.857 bits per heavy atom. The molecule has 2 heterocycles. The standard InChI is InChI=1S/C14H9Cl3N2.C6H3N3O7/c1-8-13(9-2-4-10(15)5-3-9)18-14-12(17)6-11(16)7-19(8)14;10-6-4(8(13)14)1-3(7(11)12)2-5(6)9(15)16/h2-7H,1H3;1-2,10H. The van der Waals surface area contributed by atoms with Crippen molar-refractivity contribution < 1.29 is 19.9 Å². The van der Waals surface area contributed by atoms with Gasteiger partial charge in [0.15, 0.2) is 5.65 Å². The number of phenols is 1. The second-order valence-electron chi connectivity index (χ2n) is 6.86. The SMILES string of the molecule is Cc1c(-c2ccc(Cl)cc2)nc2c(Cl)cc(Cl)cn12.O=[N+]([O-])c1cc([N+](=O)[O-])c(O)c([N+](=O)[O-])c1. The fourth-order valence-corrected chi connectivity index (χ4v) is 3.68.